The molecule has 0 aliphatic rings. The summed E-state index contributed by atoms with van der Waals surface area (Å²) in [5, 5.41) is 2.98. The Hall–Kier alpha value is -2.07. The molecule has 0 saturated heterocycles. The van der Waals surface area contributed by atoms with Crippen molar-refractivity contribution in [2.75, 3.05) is 0 Å². The largest absolute Gasteiger partial charge is 0.467 e. The number of benzene rings is 1. The molecule has 0 spiro atoms. The molecular weight excluding hydrogens is 264 g/mol. The van der Waals surface area contributed by atoms with Crippen LogP contribution in [0.3, 0.4) is 0 Å². The van der Waals surface area contributed by atoms with Crippen molar-refractivity contribution in [3.63, 3.8) is 0 Å². The minimum absolute atomic E-state index is 0.187. The normalized spacial score (nSPS) is 14.5. The Morgan fingerprint density at radius 2 is 1.81 bits per heavy atom. The molecule has 1 unspecified atom stereocenters. The molecule has 1 aromatic carbocycles. The topological polar surface area (TPSA) is 68.3 Å². The maximum absolute atomic E-state index is 12.4. The number of furan rings is 1. The van der Waals surface area contributed by atoms with E-state index in [1.54, 1.807) is 12.3 Å². The van der Waals surface area contributed by atoms with Gasteiger partial charge in [-0.25, -0.2) is 0 Å². The summed E-state index contributed by atoms with van der Waals surface area (Å²) in [4.78, 5) is 12.4. The number of rotatable bonds is 4. The molecule has 4 nitrogen and oxygen atoms in total. The Bertz CT molecular complexity index is 571. The molecule has 1 heterocycles. The van der Waals surface area contributed by atoms with E-state index in [4.69, 9.17) is 10.2 Å². The van der Waals surface area contributed by atoms with Crippen LogP contribution in [0.25, 0.3) is 0 Å². The van der Waals surface area contributed by atoms with Gasteiger partial charge in [-0.2, -0.15) is 0 Å². The highest BCUT2D eigenvalue weighted by Crippen LogP contribution is 2.24. The van der Waals surface area contributed by atoms with Gasteiger partial charge < -0.3 is 15.5 Å². The highest BCUT2D eigenvalue weighted by molar-refractivity contribution is 5.83. The van der Waals surface area contributed by atoms with E-state index < -0.39 is 6.04 Å². The lowest BCUT2D eigenvalue weighted by atomic mass is 9.86. The molecule has 0 aliphatic carbocycles. The third-order valence-corrected chi connectivity index (χ3v) is 3.46. The van der Waals surface area contributed by atoms with E-state index in [-0.39, 0.29) is 17.4 Å². The minimum atomic E-state index is -0.585. The Morgan fingerprint density at radius 1 is 1.14 bits per heavy atom. The van der Waals surface area contributed by atoms with Crippen molar-refractivity contribution in [1.82, 2.24) is 5.32 Å². The Morgan fingerprint density at radius 3 is 2.33 bits per heavy atom. The first-order chi connectivity index (χ1) is 9.89. The second kappa shape index (κ2) is 6.14. The van der Waals surface area contributed by atoms with Crippen molar-refractivity contribution in [1.29, 1.82) is 0 Å². The fourth-order valence-corrected chi connectivity index (χ4v) is 2.05. The number of amides is 1. The molecule has 21 heavy (non-hydrogen) atoms. The monoisotopic (exact) mass is 286 g/mol. The summed E-state index contributed by atoms with van der Waals surface area (Å²) in [7, 11) is 0. The summed E-state index contributed by atoms with van der Waals surface area (Å²) < 4.78 is 5.46. The fraction of sp³-hybridized carbons (Fsp3) is 0.353. The van der Waals surface area contributed by atoms with Crippen LogP contribution in [0.2, 0.25) is 0 Å². The molecule has 0 radical (unpaired) electrons. The van der Waals surface area contributed by atoms with Crippen molar-refractivity contribution in [2.45, 2.75) is 32.9 Å². The summed E-state index contributed by atoms with van der Waals surface area (Å²) in [6, 6.07) is 12.4. The first-order valence-electron chi connectivity index (χ1n) is 7.04. The summed E-state index contributed by atoms with van der Waals surface area (Å²) in [5.74, 6) is 0.503. The van der Waals surface area contributed by atoms with Crippen molar-refractivity contribution < 1.29 is 9.21 Å². The van der Waals surface area contributed by atoms with E-state index in [1.165, 1.54) is 0 Å². The number of carbonyl (C=O) groups is 1. The summed E-state index contributed by atoms with van der Waals surface area (Å²) >= 11 is 0. The van der Waals surface area contributed by atoms with Crippen LogP contribution in [0.1, 0.15) is 38.1 Å². The lowest BCUT2D eigenvalue weighted by Crippen LogP contribution is -2.49. The van der Waals surface area contributed by atoms with Gasteiger partial charge in [0.1, 0.15) is 11.8 Å². The fourth-order valence-electron chi connectivity index (χ4n) is 2.05. The third kappa shape index (κ3) is 3.73. The molecule has 0 bridgehead atoms. The number of nitrogens with one attached hydrogen (secondary N) is 1. The Balaban J connectivity index is 2.24. The molecule has 1 amide bonds. The molecule has 0 aliphatic heterocycles. The Labute approximate surface area is 125 Å². The van der Waals surface area contributed by atoms with E-state index in [0.29, 0.717) is 5.76 Å². The van der Waals surface area contributed by atoms with Gasteiger partial charge in [-0.15, -0.1) is 0 Å². The van der Waals surface area contributed by atoms with Crippen LogP contribution in [0.5, 0.6) is 0 Å². The van der Waals surface area contributed by atoms with Crippen LogP contribution in [0, 0.1) is 5.41 Å². The molecule has 112 valence electrons. The molecule has 4 heteroatoms. The highest BCUT2D eigenvalue weighted by atomic mass is 16.3. The molecule has 2 atom stereocenters. The lowest BCUT2D eigenvalue weighted by molar-refractivity contribution is -0.125. The molecule has 0 saturated carbocycles. The maximum atomic E-state index is 12.4. The molecule has 2 rings (SSSR count). The van der Waals surface area contributed by atoms with Crippen LogP contribution in [-0.2, 0) is 4.79 Å². The van der Waals surface area contributed by atoms with Crippen LogP contribution < -0.4 is 11.1 Å². The van der Waals surface area contributed by atoms with E-state index >= 15 is 0 Å². The first-order valence-corrected chi connectivity index (χ1v) is 7.04. The number of carbonyl (C=O) groups excluding carboxylic acids is 1. The average Bonchev–Trinajstić information content (AvgIpc) is 2.97. The van der Waals surface area contributed by atoms with Crippen molar-refractivity contribution >= 4 is 5.91 Å². The van der Waals surface area contributed by atoms with Gasteiger partial charge in [0.2, 0.25) is 5.91 Å². The molecule has 0 fully saturated rings. The molecular formula is C17H22N2O2. The van der Waals surface area contributed by atoms with E-state index in [1.807, 2.05) is 57.2 Å². The second-order valence-electron chi connectivity index (χ2n) is 6.21. The number of hydrogen-bond donors (Lipinski definition) is 2. The quantitative estimate of drug-likeness (QED) is 0.908. The van der Waals surface area contributed by atoms with E-state index in [9.17, 15) is 4.79 Å². The smallest absolute Gasteiger partial charge is 0.238 e. The van der Waals surface area contributed by atoms with Gasteiger partial charge >= 0.3 is 0 Å². The first kappa shape index (κ1) is 15.3. The van der Waals surface area contributed by atoms with Crippen LogP contribution in [0.4, 0.5) is 0 Å². The van der Waals surface area contributed by atoms with Gasteiger partial charge in [0.15, 0.2) is 0 Å². The van der Waals surface area contributed by atoms with Crippen LogP contribution in [0.15, 0.2) is 53.1 Å². The van der Waals surface area contributed by atoms with Crippen LogP contribution in [-0.4, -0.2) is 11.9 Å². The highest BCUT2D eigenvalue weighted by Gasteiger charge is 2.30. The zero-order chi connectivity index (χ0) is 15.5. The lowest BCUT2D eigenvalue weighted by Gasteiger charge is -2.28. The average molecular weight is 286 g/mol. The molecule has 2 aromatic rings. The number of hydrogen-bond acceptors (Lipinski definition) is 3. The van der Waals surface area contributed by atoms with Crippen molar-refractivity contribution in [3.8, 4) is 0 Å². The maximum Gasteiger partial charge on any atom is 0.238 e. The van der Waals surface area contributed by atoms with E-state index in [0.717, 1.165) is 5.56 Å². The predicted molar refractivity (Wildman–Crippen MR) is 82.6 cm³/mol. The predicted octanol–water partition coefficient (Wildman–Crippen LogP) is 2.86. The van der Waals surface area contributed by atoms with Gasteiger partial charge in [-0.3, -0.25) is 4.79 Å². The second-order valence-corrected chi connectivity index (χ2v) is 6.21. The summed E-state index contributed by atoms with van der Waals surface area (Å²) in [6.07, 6.45) is 1.60. The van der Waals surface area contributed by atoms with Crippen molar-refractivity contribution in [3.05, 3.63) is 60.1 Å². The standard InChI is InChI=1S/C17H22N2O2/c1-17(2,3)15(18)16(20)19-14(13-10-7-11-21-13)12-8-5-4-6-9-12/h4-11,14-15H,18H2,1-3H3,(H,19,20)/t14?,15-/m1/s1. The van der Waals surface area contributed by atoms with Gasteiger partial charge in [0.25, 0.3) is 0 Å². The van der Waals surface area contributed by atoms with Gasteiger partial charge in [-0.05, 0) is 23.1 Å². The zero-order valence-corrected chi connectivity index (χ0v) is 12.7. The minimum Gasteiger partial charge on any atom is -0.467 e. The van der Waals surface area contributed by atoms with Crippen molar-refractivity contribution in [2.24, 2.45) is 11.1 Å². The number of nitrogens with two attached hydrogens (primary N) is 1. The zero-order valence-electron chi connectivity index (χ0n) is 12.7. The van der Waals surface area contributed by atoms with Gasteiger partial charge in [0, 0.05) is 0 Å². The van der Waals surface area contributed by atoms with Crippen LogP contribution >= 0.6 is 0 Å². The van der Waals surface area contributed by atoms with E-state index in [2.05, 4.69) is 5.32 Å². The summed E-state index contributed by atoms with van der Waals surface area (Å²) in [6.45, 7) is 5.84. The Kier molecular flexibility index (Phi) is 4.48. The summed E-state index contributed by atoms with van der Waals surface area (Å²) in [5.41, 5.74) is 6.69. The molecule has 1 aromatic heterocycles. The third-order valence-electron chi connectivity index (χ3n) is 3.46. The SMILES string of the molecule is CC(C)(C)[C@H](N)C(=O)NC(c1ccccc1)c1ccco1. The van der Waals surface area contributed by atoms with Gasteiger partial charge in [-0.1, -0.05) is 51.1 Å². The van der Waals surface area contributed by atoms with Gasteiger partial charge in [0.05, 0.1) is 12.3 Å². The molecule has 3 N–H and O–H groups in total.